The molecule has 2 N–H and O–H groups in total. The summed E-state index contributed by atoms with van der Waals surface area (Å²) in [5.74, 6) is 0.156. The SMILES string of the molecule is CNC(=O)c1ccc(/C=C/C(=O)NCc2cc(Cl)cn2-c2ccc(Cl)c(COc3cccc4ccc(C)nc34)c2Cl)cc1. The van der Waals surface area contributed by atoms with Crippen LogP contribution in [0.1, 0.15) is 32.9 Å². The van der Waals surface area contributed by atoms with Crippen molar-refractivity contribution in [2.45, 2.75) is 20.1 Å². The van der Waals surface area contributed by atoms with Crippen molar-refractivity contribution >= 4 is 63.6 Å². The van der Waals surface area contributed by atoms with E-state index in [0.717, 1.165) is 22.2 Å². The molecule has 10 heteroatoms. The van der Waals surface area contributed by atoms with Gasteiger partial charge in [-0.2, -0.15) is 0 Å². The maximum Gasteiger partial charge on any atom is 0.251 e. The summed E-state index contributed by atoms with van der Waals surface area (Å²) in [7, 11) is 1.57. The summed E-state index contributed by atoms with van der Waals surface area (Å²) in [6, 6.07) is 21.9. The summed E-state index contributed by atoms with van der Waals surface area (Å²) < 4.78 is 7.98. The van der Waals surface area contributed by atoms with Gasteiger partial charge in [0.15, 0.2) is 0 Å². The molecule has 0 aliphatic carbocycles. The second kappa shape index (κ2) is 13.3. The lowest BCUT2D eigenvalue weighted by Gasteiger charge is -2.16. The largest absolute Gasteiger partial charge is 0.487 e. The van der Waals surface area contributed by atoms with Crippen molar-refractivity contribution in [1.29, 1.82) is 0 Å². The smallest absolute Gasteiger partial charge is 0.251 e. The Morgan fingerprint density at radius 3 is 2.56 bits per heavy atom. The zero-order valence-corrected chi connectivity index (χ0v) is 25.6. The van der Waals surface area contributed by atoms with E-state index in [1.54, 1.807) is 61.8 Å². The third-order valence-electron chi connectivity index (χ3n) is 6.76. The van der Waals surface area contributed by atoms with E-state index in [0.29, 0.717) is 43.3 Å². The summed E-state index contributed by atoms with van der Waals surface area (Å²) in [5.41, 5.74) is 4.93. The van der Waals surface area contributed by atoms with Gasteiger partial charge >= 0.3 is 0 Å². The molecule has 0 saturated carbocycles. The van der Waals surface area contributed by atoms with E-state index in [4.69, 9.17) is 39.5 Å². The number of halogens is 3. The van der Waals surface area contributed by atoms with Crippen LogP contribution in [0.5, 0.6) is 5.75 Å². The zero-order chi connectivity index (χ0) is 30.5. The zero-order valence-electron chi connectivity index (χ0n) is 23.3. The van der Waals surface area contributed by atoms with Gasteiger partial charge in [0.2, 0.25) is 5.91 Å². The second-order valence-corrected chi connectivity index (χ2v) is 10.9. The first-order valence-electron chi connectivity index (χ1n) is 13.3. The van der Waals surface area contributed by atoms with Crippen LogP contribution in [0.25, 0.3) is 22.7 Å². The van der Waals surface area contributed by atoms with Crippen LogP contribution < -0.4 is 15.4 Å². The monoisotopic (exact) mass is 632 g/mol. The number of carbonyl (C=O) groups excluding carboxylic acids is 2. The van der Waals surface area contributed by atoms with Gasteiger partial charge in [-0.3, -0.25) is 9.59 Å². The number of nitrogens with zero attached hydrogens (tertiary/aromatic N) is 2. The number of para-hydroxylation sites is 1. The van der Waals surface area contributed by atoms with Gasteiger partial charge in [-0.1, -0.05) is 65.1 Å². The average molecular weight is 634 g/mol. The number of fused-ring (bicyclic) bond motifs is 1. The summed E-state index contributed by atoms with van der Waals surface area (Å²) >= 11 is 19.8. The van der Waals surface area contributed by atoms with Crippen molar-refractivity contribution in [3.8, 4) is 11.4 Å². The molecular formula is C33H27Cl3N4O3. The third kappa shape index (κ3) is 7.03. The Kier molecular flexibility index (Phi) is 9.36. The summed E-state index contributed by atoms with van der Waals surface area (Å²) in [5, 5.41) is 7.76. The van der Waals surface area contributed by atoms with Crippen molar-refractivity contribution in [2.24, 2.45) is 0 Å². The first-order chi connectivity index (χ1) is 20.7. The standard InChI is InChI=1S/C33H27Cl3N4O3/c1-20-6-10-22-4-3-5-29(32(22)39-20)43-19-26-27(35)13-14-28(31(26)36)40-18-24(34)16-25(40)17-38-30(41)15-9-21-7-11-23(12-8-21)33(42)37-2/h3-16,18H,17,19H2,1-2H3,(H,37,42)(H,38,41)/b15-9+. The highest BCUT2D eigenvalue weighted by Crippen LogP contribution is 2.34. The van der Waals surface area contributed by atoms with Crippen molar-refractivity contribution in [2.75, 3.05) is 7.05 Å². The molecule has 2 aromatic heterocycles. The van der Waals surface area contributed by atoms with E-state index in [9.17, 15) is 9.59 Å². The van der Waals surface area contributed by atoms with Gasteiger partial charge in [0.05, 0.1) is 22.3 Å². The Morgan fingerprint density at radius 2 is 1.79 bits per heavy atom. The highest BCUT2D eigenvalue weighted by atomic mass is 35.5. The maximum atomic E-state index is 12.6. The fraction of sp³-hybridized carbons (Fsp3) is 0.121. The first kappa shape index (κ1) is 30.2. The van der Waals surface area contributed by atoms with E-state index in [1.165, 1.54) is 6.08 Å². The third-order valence-corrected chi connectivity index (χ3v) is 7.74. The molecule has 3 aromatic carbocycles. The highest BCUT2D eigenvalue weighted by Gasteiger charge is 2.17. The van der Waals surface area contributed by atoms with Gasteiger partial charge in [0.1, 0.15) is 17.9 Å². The molecule has 0 fully saturated rings. The molecule has 2 amide bonds. The molecule has 0 atom stereocenters. The molecule has 0 saturated heterocycles. The lowest BCUT2D eigenvalue weighted by Crippen LogP contribution is -2.21. The maximum absolute atomic E-state index is 12.6. The Hall–Kier alpha value is -4.30. The minimum atomic E-state index is -0.297. The predicted octanol–water partition coefficient (Wildman–Crippen LogP) is 7.56. The van der Waals surface area contributed by atoms with Crippen LogP contribution in [0.2, 0.25) is 15.1 Å². The van der Waals surface area contributed by atoms with Gasteiger partial charge < -0.3 is 19.9 Å². The number of aromatic nitrogens is 2. The van der Waals surface area contributed by atoms with Gasteiger partial charge in [-0.05, 0) is 61.0 Å². The van der Waals surface area contributed by atoms with Crippen LogP contribution in [0.3, 0.4) is 0 Å². The van der Waals surface area contributed by atoms with Gasteiger partial charge in [0, 0.05) is 52.2 Å². The van der Waals surface area contributed by atoms with Crippen LogP contribution in [-0.2, 0) is 17.9 Å². The quantitative estimate of drug-likeness (QED) is 0.164. The normalized spacial score (nSPS) is 11.2. The summed E-state index contributed by atoms with van der Waals surface area (Å²) in [6.07, 6.45) is 4.83. The number of hydrogen-bond donors (Lipinski definition) is 2. The van der Waals surface area contributed by atoms with E-state index in [1.807, 2.05) is 41.8 Å². The van der Waals surface area contributed by atoms with Crippen molar-refractivity contribution < 1.29 is 14.3 Å². The second-order valence-electron chi connectivity index (χ2n) is 9.70. The number of ether oxygens (including phenoxy) is 1. The van der Waals surface area contributed by atoms with Gasteiger partial charge in [-0.25, -0.2) is 4.98 Å². The molecule has 218 valence electrons. The van der Waals surface area contributed by atoms with Crippen molar-refractivity contribution in [1.82, 2.24) is 20.2 Å². The number of aryl methyl sites for hydroxylation is 1. The molecule has 7 nitrogen and oxygen atoms in total. The van der Waals surface area contributed by atoms with Crippen LogP contribution in [-0.4, -0.2) is 28.4 Å². The van der Waals surface area contributed by atoms with Crippen molar-refractivity contribution in [3.05, 3.63) is 128 Å². The topological polar surface area (TPSA) is 85.2 Å². The fourth-order valence-corrected chi connectivity index (χ4v) is 5.31. The van der Waals surface area contributed by atoms with Crippen LogP contribution in [0.15, 0.2) is 85.1 Å². The summed E-state index contributed by atoms with van der Waals surface area (Å²) in [6.45, 7) is 2.24. The summed E-state index contributed by atoms with van der Waals surface area (Å²) in [4.78, 5) is 28.9. The van der Waals surface area contributed by atoms with Gasteiger partial charge in [-0.15, -0.1) is 0 Å². The van der Waals surface area contributed by atoms with Crippen LogP contribution >= 0.6 is 34.8 Å². The van der Waals surface area contributed by atoms with E-state index in [-0.39, 0.29) is 25.0 Å². The minimum Gasteiger partial charge on any atom is -0.487 e. The molecule has 0 radical (unpaired) electrons. The molecule has 0 unspecified atom stereocenters. The Morgan fingerprint density at radius 1 is 1.00 bits per heavy atom. The molecule has 43 heavy (non-hydrogen) atoms. The molecule has 5 aromatic rings. The van der Waals surface area contributed by atoms with Crippen LogP contribution in [0.4, 0.5) is 0 Å². The highest BCUT2D eigenvalue weighted by molar-refractivity contribution is 6.37. The Bertz CT molecular complexity index is 1850. The number of amides is 2. The number of carbonyl (C=O) groups is 2. The Labute approximate surface area is 264 Å². The molecule has 0 aliphatic rings. The molecule has 0 aliphatic heterocycles. The molecule has 5 rings (SSSR count). The number of benzene rings is 3. The number of rotatable bonds is 9. The van der Waals surface area contributed by atoms with Crippen molar-refractivity contribution in [3.63, 3.8) is 0 Å². The lowest BCUT2D eigenvalue weighted by molar-refractivity contribution is -0.116. The predicted molar refractivity (Wildman–Crippen MR) is 172 cm³/mol. The van der Waals surface area contributed by atoms with E-state index < -0.39 is 0 Å². The Balaban J connectivity index is 1.31. The first-order valence-corrected chi connectivity index (χ1v) is 14.5. The lowest BCUT2D eigenvalue weighted by atomic mass is 10.1. The molecular weight excluding hydrogens is 607 g/mol. The minimum absolute atomic E-state index is 0.121. The molecule has 2 heterocycles. The fourth-order valence-electron chi connectivity index (χ4n) is 4.52. The number of pyridine rings is 1. The number of hydrogen-bond acceptors (Lipinski definition) is 4. The average Bonchev–Trinajstić information content (AvgIpc) is 3.38. The molecule has 0 bridgehead atoms. The van der Waals surface area contributed by atoms with Gasteiger partial charge in [0.25, 0.3) is 5.91 Å². The van der Waals surface area contributed by atoms with E-state index >= 15 is 0 Å². The van der Waals surface area contributed by atoms with Crippen LogP contribution in [0, 0.1) is 6.92 Å². The number of nitrogens with one attached hydrogen (secondary N) is 2. The molecule has 0 spiro atoms. The van der Waals surface area contributed by atoms with E-state index in [2.05, 4.69) is 15.6 Å².